The van der Waals surface area contributed by atoms with Crippen LogP contribution in [0.25, 0.3) is 0 Å². The third kappa shape index (κ3) is 4.47. The maximum Gasteiger partial charge on any atom is 0.261 e. The lowest BCUT2D eigenvalue weighted by atomic mass is 10.1. The third-order valence-electron chi connectivity index (χ3n) is 4.70. The zero-order valence-electron chi connectivity index (χ0n) is 16.4. The van der Waals surface area contributed by atoms with E-state index in [1.807, 2.05) is 19.1 Å². The molecule has 0 saturated heterocycles. The number of sulfonamides is 1. The molecule has 0 radical (unpaired) electrons. The first-order valence-corrected chi connectivity index (χ1v) is 11.0. The topological polar surface area (TPSA) is 75.7 Å². The number of fused-ring (bicyclic) bond motifs is 1. The molecule has 0 aliphatic carbocycles. The van der Waals surface area contributed by atoms with Crippen LogP contribution in [0.2, 0.25) is 0 Å². The molecule has 0 spiro atoms. The molecule has 1 heterocycles. The number of aryl methyl sites for hydroxylation is 1. The van der Waals surface area contributed by atoms with E-state index in [9.17, 15) is 13.2 Å². The highest BCUT2D eigenvalue weighted by molar-refractivity contribution is 7.92. The summed E-state index contributed by atoms with van der Waals surface area (Å²) in [5.41, 5.74) is 2.16. The minimum absolute atomic E-state index is 0.0886. The van der Waals surface area contributed by atoms with Gasteiger partial charge in [0.2, 0.25) is 5.91 Å². The zero-order valence-corrected chi connectivity index (χ0v) is 17.3. The molecule has 1 aliphatic rings. The number of benzene rings is 2. The molecule has 1 amide bonds. The number of hydrogen-bond donors (Lipinski definition) is 1. The van der Waals surface area contributed by atoms with Crippen molar-refractivity contribution in [1.29, 1.82) is 0 Å². The van der Waals surface area contributed by atoms with Crippen molar-refractivity contribution in [1.82, 2.24) is 0 Å². The molecule has 7 heteroatoms. The minimum Gasteiger partial charge on any atom is -0.487 e. The number of carbonyl (C=O) groups is 1. The van der Waals surface area contributed by atoms with Crippen molar-refractivity contribution >= 4 is 27.3 Å². The summed E-state index contributed by atoms with van der Waals surface area (Å²) < 4.78 is 34.0. The van der Waals surface area contributed by atoms with Crippen LogP contribution in [0, 0.1) is 0 Å². The lowest BCUT2D eigenvalue weighted by Crippen LogP contribution is -2.41. The van der Waals surface area contributed by atoms with Crippen molar-refractivity contribution in [3.63, 3.8) is 0 Å². The zero-order chi connectivity index (χ0) is 20.3. The van der Waals surface area contributed by atoms with E-state index in [4.69, 9.17) is 4.74 Å². The van der Waals surface area contributed by atoms with Crippen molar-refractivity contribution in [2.24, 2.45) is 0 Å². The molecule has 2 aromatic carbocycles. The average molecular weight is 403 g/mol. The van der Waals surface area contributed by atoms with Crippen molar-refractivity contribution < 1.29 is 17.9 Å². The van der Waals surface area contributed by atoms with Gasteiger partial charge in [-0.25, -0.2) is 8.42 Å². The predicted octanol–water partition coefficient (Wildman–Crippen LogP) is 3.96. The van der Waals surface area contributed by atoms with Crippen LogP contribution in [0.1, 0.15) is 39.2 Å². The van der Waals surface area contributed by atoms with Crippen molar-refractivity contribution in [2.45, 2.75) is 51.0 Å². The van der Waals surface area contributed by atoms with Gasteiger partial charge in [-0.05, 0) is 55.7 Å². The van der Waals surface area contributed by atoms with Gasteiger partial charge in [-0.2, -0.15) is 0 Å². The molecule has 150 valence electrons. The molecule has 0 aromatic heterocycles. The number of carbonyl (C=O) groups excluding carboxylic acids is 1. The first-order chi connectivity index (χ1) is 13.3. The van der Waals surface area contributed by atoms with Gasteiger partial charge in [0.25, 0.3) is 10.0 Å². The highest BCUT2D eigenvalue weighted by Gasteiger charge is 2.27. The second kappa shape index (κ2) is 8.22. The Morgan fingerprint density at radius 3 is 2.57 bits per heavy atom. The molecule has 1 unspecified atom stereocenters. The van der Waals surface area contributed by atoms with Crippen molar-refractivity contribution in [3.05, 3.63) is 48.0 Å². The molecular formula is C21H26N2O4S. The first kappa shape index (κ1) is 20.2. The van der Waals surface area contributed by atoms with Crippen molar-refractivity contribution in [2.75, 3.05) is 16.2 Å². The van der Waals surface area contributed by atoms with E-state index in [1.54, 1.807) is 23.1 Å². The number of unbranched alkanes of at least 4 members (excludes halogenated alkanes) is 1. The molecule has 1 N–H and O–H groups in total. The summed E-state index contributed by atoms with van der Waals surface area (Å²) in [7, 11) is -3.78. The molecular weight excluding hydrogens is 376 g/mol. The molecule has 1 aliphatic heterocycles. The fourth-order valence-corrected chi connectivity index (χ4v) is 4.30. The summed E-state index contributed by atoms with van der Waals surface area (Å²) in [4.78, 5) is 13.6. The molecule has 0 saturated carbocycles. The van der Waals surface area contributed by atoms with E-state index in [2.05, 4.69) is 11.6 Å². The molecule has 28 heavy (non-hydrogen) atoms. The van der Waals surface area contributed by atoms with Gasteiger partial charge in [0.05, 0.1) is 17.1 Å². The summed E-state index contributed by atoms with van der Waals surface area (Å²) in [6.45, 7) is 5.86. The second-order valence-electron chi connectivity index (χ2n) is 7.09. The fourth-order valence-electron chi connectivity index (χ4n) is 3.22. The normalized spacial score (nSPS) is 16.2. The van der Waals surface area contributed by atoms with Gasteiger partial charge in [0.15, 0.2) is 0 Å². The van der Waals surface area contributed by atoms with Gasteiger partial charge in [-0.15, -0.1) is 0 Å². The number of ether oxygens (including phenoxy) is 1. The summed E-state index contributed by atoms with van der Waals surface area (Å²) in [6.07, 6.45) is 3.05. The van der Waals surface area contributed by atoms with Gasteiger partial charge >= 0.3 is 0 Å². The summed E-state index contributed by atoms with van der Waals surface area (Å²) >= 11 is 0. The predicted molar refractivity (Wildman–Crippen MR) is 110 cm³/mol. The molecule has 6 nitrogen and oxygen atoms in total. The molecule has 0 bridgehead atoms. The molecule has 1 atom stereocenters. The Hall–Kier alpha value is -2.54. The maximum absolute atomic E-state index is 12.8. The van der Waals surface area contributed by atoms with Crippen LogP contribution in [0.4, 0.5) is 11.4 Å². The number of rotatable bonds is 6. The van der Waals surface area contributed by atoms with Crippen molar-refractivity contribution in [3.8, 4) is 5.75 Å². The van der Waals surface area contributed by atoms with Gasteiger partial charge in [-0.1, -0.05) is 25.5 Å². The Balaban J connectivity index is 1.84. The van der Waals surface area contributed by atoms with E-state index in [0.29, 0.717) is 23.7 Å². The van der Waals surface area contributed by atoms with Crippen LogP contribution in [-0.4, -0.2) is 27.0 Å². The standard InChI is InChI=1S/C21H26N2O4S/c1-4-5-6-17-7-9-18(10-8-17)22-28(25,26)19-11-12-21-20(13-19)23(16(3)24)14-15(2)27-21/h7-13,15,22H,4-6,14H2,1-3H3. The molecule has 3 rings (SSSR count). The third-order valence-corrected chi connectivity index (χ3v) is 6.08. The summed E-state index contributed by atoms with van der Waals surface area (Å²) in [5.74, 6) is 0.356. The summed E-state index contributed by atoms with van der Waals surface area (Å²) in [5, 5.41) is 0. The molecule has 2 aromatic rings. The number of nitrogens with one attached hydrogen (secondary N) is 1. The van der Waals surface area contributed by atoms with Crippen LogP contribution in [0.15, 0.2) is 47.4 Å². The monoisotopic (exact) mass is 402 g/mol. The van der Waals surface area contributed by atoms with Crippen LogP contribution >= 0.6 is 0 Å². The van der Waals surface area contributed by atoms with Gasteiger partial charge in [0, 0.05) is 12.6 Å². The van der Waals surface area contributed by atoms with E-state index >= 15 is 0 Å². The highest BCUT2D eigenvalue weighted by atomic mass is 32.2. The van der Waals surface area contributed by atoms with Crippen LogP contribution in [-0.2, 0) is 21.2 Å². The Labute approximate surface area is 166 Å². The van der Waals surface area contributed by atoms with Gasteiger partial charge in [-0.3, -0.25) is 9.52 Å². The maximum atomic E-state index is 12.8. The lowest BCUT2D eigenvalue weighted by Gasteiger charge is -2.33. The van der Waals surface area contributed by atoms with E-state index in [1.165, 1.54) is 24.6 Å². The van der Waals surface area contributed by atoms with Crippen LogP contribution in [0.5, 0.6) is 5.75 Å². The Bertz CT molecular complexity index is 955. The van der Waals surface area contributed by atoms with Crippen LogP contribution in [0.3, 0.4) is 0 Å². The van der Waals surface area contributed by atoms with Crippen LogP contribution < -0.4 is 14.4 Å². The average Bonchev–Trinajstić information content (AvgIpc) is 2.66. The summed E-state index contributed by atoms with van der Waals surface area (Å²) in [6, 6.07) is 12.0. The lowest BCUT2D eigenvalue weighted by molar-refractivity contribution is -0.117. The Kier molecular flexibility index (Phi) is 5.93. The quantitative estimate of drug-likeness (QED) is 0.793. The Morgan fingerprint density at radius 1 is 1.21 bits per heavy atom. The number of nitrogens with zero attached hydrogens (tertiary/aromatic N) is 1. The number of hydrogen-bond acceptors (Lipinski definition) is 4. The largest absolute Gasteiger partial charge is 0.487 e. The minimum atomic E-state index is -3.78. The van der Waals surface area contributed by atoms with E-state index in [0.717, 1.165) is 19.3 Å². The SMILES string of the molecule is CCCCc1ccc(NS(=O)(=O)c2ccc3c(c2)N(C(C)=O)CC(C)O3)cc1. The van der Waals surface area contributed by atoms with Gasteiger partial charge in [0.1, 0.15) is 11.9 Å². The number of anilines is 2. The Morgan fingerprint density at radius 2 is 1.93 bits per heavy atom. The van der Waals surface area contributed by atoms with E-state index < -0.39 is 10.0 Å². The van der Waals surface area contributed by atoms with E-state index in [-0.39, 0.29) is 16.9 Å². The smallest absolute Gasteiger partial charge is 0.261 e. The van der Waals surface area contributed by atoms with Gasteiger partial charge < -0.3 is 9.64 Å². The molecule has 0 fully saturated rings. The first-order valence-electron chi connectivity index (χ1n) is 9.50. The second-order valence-corrected chi connectivity index (χ2v) is 8.78. The highest BCUT2D eigenvalue weighted by Crippen LogP contribution is 2.35. The number of amides is 1. The fraction of sp³-hybridized carbons (Fsp3) is 0.381.